The summed E-state index contributed by atoms with van der Waals surface area (Å²) in [6.07, 6.45) is 5.60. The zero-order valence-electron chi connectivity index (χ0n) is 14.6. The summed E-state index contributed by atoms with van der Waals surface area (Å²) in [6.45, 7) is 5.27. The number of benzene rings is 1. The molecule has 1 amide bonds. The lowest BCUT2D eigenvalue weighted by Crippen LogP contribution is -2.12. The van der Waals surface area contributed by atoms with Crippen LogP contribution in [0.15, 0.2) is 12.1 Å². The number of anilines is 1. The van der Waals surface area contributed by atoms with E-state index in [4.69, 9.17) is 15.2 Å². The highest BCUT2D eigenvalue weighted by molar-refractivity contribution is 5.92. The molecule has 136 valence electrons. The summed E-state index contributed by atoms with van der Waals surface area (Å²) in [7, 11) is 0. The first-order valence-electron chi connectivity index (χ1n) is 8.60. The van der Waals surface area contributed by atoms with Gasteiger partial charge >= 0.3 is 0 Å². The molecule has 1 aromatic rings. The van der Waals surface area contributed by atoms with E-state index in [9.17, 15) is 4.79 Å². The number of fused-ring (bicyclic) bond motifs is 1. The van der Waals surface area contributed by atoms with Crippen molar-refractivity contribution in [3.05, 3.63) is 17.7 Å². The molecule has 3 N–H and O–H groups in total. The molecule has 0 radical (unpaired) electrons. The second-order valence-corrected chi connectivity index (χ2v) is 6.02. The summed E-state index contributed by atoms with van der Waals surface area (Å²) >= 11 is 0. The first-order valence-corrected chi connectivity index (χ1v) is 8.60. The van der Waals surface area contributed by atoms with Crippen molar-refractivity contribution in [3.63, 3.8) is 0 Å². The Morgan fingerprint density at radius 1 is 1.33 bits per heavy atom. The monoisotopic (exact) mass is 356 g/mol. The molecule has 0 aliphatic carbocycles. The van der Waals surface area contributed by atoms with Gasteiger partial charge in [-0.15, -0.1) is 12.4 Å². The van der Waals surface area contributed by atoms with Crippen LogP contribution in [-0.4, -0.2) is 25.2 Å². The molecule has 1 aromatic carbocycles. The minimum Gasteiger partial charge on any atom is -0.492 e. The summed E-state index contributed by atoms with van der Waals surface area (Å²) in [5.41, 5.74) is 7.31. The molecule has 0 aromatic heterocycles. The van der Waals surface area contributed by atoms with E-state index in [1.807, 2.05) is 26.0 Å². The van der Waals surface area contributed by atoms with Gasteiger partial charge in [0.25, 0.3) is 0 Å². The van der Waals surface area contributed by atoms with Crippen molar-refractivity contribution in [2.75, 3.05) is 18.5 Å². The summed E-state index contributed by atoms with van der Waals surface area (Å²) in [5, 5.41) is 2.96. The molecule has 0 bridgehead atoms. The molecule has 1 unspecified atom stereocenters. The van der Waals surface area contributed by atoms with E-state index in [1.165, 1.54) is 0 Å². The maximum atomic E-state index is 12.1. The second-order valence-electron chi connectivity index (χ2n) is 6.02. The van der Waals surface area contributed by atoms with Gasteiger partial charge in [0.2, 0.25) is 5.91 Å². The Morgan fingerprint density at radius 3 is 2.79 bits per heavy atom. The Balaban J connectivity index is 0.00000288. The average molecular weight is 357 g/mol. The summed E-state index contributed by atoms with van der Waals surface area (Å²) in [6, 6.07) is 3.87. The van der Waals surface area contributed by atoms with Gasteiger partial charge in [-0.05, 0) is 39.3 Å². The van der Waals surface area contributed by atoms with Gasteiger partial charge in [0, 0.05) is 24.5 Å². The van der Waals surface area contributed by atoms with E-state index >= 15 is 0 Å². The lowest BCUT2D eigenvalue weighted by Gasteiger charge is -2.13. The Bertz CT molecular complexity index is 537. The Labute approximate surface area is 150 Å². The third kappa shape index (κ3) is 5.87. The number of unbranched alkanes of at least 4 members (excludes halogenated alkanes) is 3. The lowest BCUT2D eigenvalue weighted by atomic mass is 10.1. The number of halogens is 1. The highest BCUT2D eigenvalue weighted by atomic mass is 35.5. The van der Waals surface area contributed by atoms with E-state index in [2.05, 4.69) is 5.32 Å². The molecule has 1 atom stereocenters. The topological polar surface area (TPSA) is 73.6 Å². The number of nitrogens with two attached hydrogens (primary N) is 1. The van der Waals surface area contributed by atoms with E-state index < -0.39 is 0 Å². The third-order valence-electron chi connectivity index (χ3n) is 3.93. The van der Waals surface area contributed by atoms with Gasteiger partial charge in [0.15, 0.2) is 0 Å². The molecule has 0 saturated carbocycles. The fourth-order valence-electron chi connectivity index (χ4n) is 2.81. The number of ether oxygens (including phenoxy) is 2. The minimum atomic E-state index is 0. The highest BCUT2D eigenvalue weighted by Gasteiger charge is 2.22. The van der Waals surface area contributed by atoms with Gasteiger partial charge in [-0.2, -0.15) is 0 Å². The largest absolute Gasteiger partial charge is 0.492 e. The molecular formula is C18H29ClN2O3. The van der Waals surface area contributed by atoms with Gasteiger partial charge in [-0.25, -0.2) is 0 Å². The van der Waals surface area contributed by atoms with E-state index in [-0.39, 0.29) is 24.4 Å². The van der Waals surface area contributed by atoms with Crippen molar-refractivity contribution in [1.29, 1.82) is 0 Å². The molecule has 24 heavy (non-hydrogen) atoms. The Kier molecular flexibility index (Phi) is 8.93. The molecule has 1 aliphatic heterocycles. The molecule has 6 heteroatoms. The van der Waals surface area contributed by atoms with Crippen LogP contribution in [0.5, 0.6) is 11.5 Å². The van der Waals surface area contributed by atoms with Gasteiger partial charge < -0.3 is 20.5 Å². The van der Waals surface area contributed by atoms with Gasteiger partial charge in [0.1, 0.15) is 17.6 Å². The maximum absolute atomic E-state index is 12.1. The fourth-order valence-corrected chi connectivity index (χ4v) is 2.81. The number of rotatable bonds is 9. The number of nitrogens with one attached hydrogen (secondary N) is 1. The fraction of sp³-hybridized carbons (Fsp3) is 0.611. The molecule has 1 aliphatic rings. The zero-order valence-corrected chi connectivity index (χ0v) is 15.4. The molecule has 5 nitrogen and oxygen atoms in total. The lowest BCUT2D eigenvalue weighted by molar-refractivity contribution is -0.116. The van der Waals surface area contributed by atoms with Crippen LogP contribution in [0.3, 0.4) is 0 Å². The number of carbonyl (C=O) groups is 1. The van der Waals surface area contributed by atoms with Gasteiger partial charge in [-0.3, -0.25) is 4.79 Å². The van der Waals surface area contributed by atoms with Crippen molar-refractivity contribution < 1.29 is 14.3 Å². The number of hydrogen-bond acceptors (Lipinski definition) is 4. The third-order valence-corrected chi connectivity index (χ3v) is 3.93. The molecule has 1 heterocycles. The average Bonchev–Trinajstić information content (AvgIpc) is 2.86. The molecular weight excluding hydrogens is 328 g/mol. The molecule has 0 fully saturated rings. The SMILES string of the molecule is CCOc1cc2c(cc1NC(=O)CCCCCCN)OC(C)C2.Cl. The maximum Gasteiger partial charge on any atom is 0.224 e. The number of amides is 1. The van der Waals surface area contributed by atoms with E-state index in [0.29, 0.717) is 18.7 Å². The zero-order chi connectivity index (χ0) is 16.7. The predicted octanol–water partition coefficient (Wildman–Crippen LogP) is 3.68. The molecule has 2 rings (SSSR count). The first kappa shape index (κ1) is 20.6. The molecule has 0 spiro atoms. The quantitative estimate of drug-likeness (QED) is 0.662. The summed E-state index contributed by atoms with van der Waals surface area (Å²) in [4.78, 5) is 12.1. The van der Waals surface area contributed by atoms with E-state index in [1.54, 1.807) is 0 Å². The van der Waals surface area contributed by atoms with Crippen LogP contribution in [0.1, 0.15) is 51.5 Å². The van der Waals surface area contributed by atoms with Crippen molar-refractivity contribution in [2.24, 2.45) is 5.73 Å². The molecule has 0 saturated heterocycles. The van der Waals surface area contributed by atoms with Crippen molar-refractivity contribution in [3.8, 4) is 11.5 Å². The Hall–Kier alpha value is -1.46. The van der Waals surface area contributed by atoms with E-state index in [0.717, 1.165) is 55.7 Å². The van der Waals surface area contributed by atoms with Gasteiger partial charge in [-0.1, -0.05) is 12.8 Å². The van der Waals surface area contributed by atoms with Crippen molar-refractivity contribution in [2.45, 2.75) is 58.5 Å². The van der Waals surface area contributed by atoms with Crippen LogP contribution in [0, 0.1) is 0 Å². The van der Waals surface area contributed by atoms with Crippen LogP contribution in [-0.2, 0) is 11.2 Å². The standard InChI is InChI=1S/C18H28N2O3.ClH/c1-3-22-17-11-14-10-13(2)23-16(14)12-15(17)20-18(21)8-6-4-5-7-9-19;/h11-13H,3-10,19H2,1-2H3,(H,20,21);1H. The number of hydrogen-bond donors (Lipinski definition) is 2. The van der Waals surface area contributed by atoms with Crippen LogP contribution < -0.4 is 20.5 Å². The normalized spacial score (nSPS) is 15.2. The smallest absolute Gasteiger partial charge is 0.224 e. The second kappa shape index (κ2) is 10.4. The van der Waals surface area contributed by atoms with Crippen molar-refractivity contribution in [1.82, 2.24) is 0 Å². The van der Waals surface area contributed by atoms with Crippen LogP contribution in [0.2, 0.25) is 0 Å². The van der Waals surface area contributed by atoms with Crippen LogP contribution in [0.25, 0.3) is 0 Å². The summed E-state index contributed by atoms with van der Waals surface area (Å²) < 4.78 is 11.4. The highest BCUT2D eigenvalue weighted by Crippen LogP contribution is 2.38. The van der Waals surface area contributed by atoms with Crippen molar-refractivity contribution >= 4 is 24.0 Å². The summed E-state index contributed by atoms with van der Waals surface area (Å²) in [5.74, 6) is 1.59. The number of carbonyl (C=O) groups excluding carboxylic acids is 1. The predicted molar refractivity (Wildman–Crippen MR) is 99.4 cm³/mol. The van der Waals surface area contributed by atoms with Crippen LogP contribution >= 0.6 is 12.4 Å². The minimum absolute atomic E-state index is 0. The first-order chi connectivity index (χ1) is 11.1. The Morgan fingerprint density at radius 2 is 2.08 bits per heavy atom. The van der Waals surface area contributed by atoms with Gasteiger partial charge in [0.05, 0.1) is 12.3 Å². The van der Waals surface area contributed by atoms with Crippen LogP contribution in [0.4, 0.5) is 5.69 Å².